The van der Waals surface area contributed by atoms with Crippen LogP contribution in [0.2, 0.25) is 5.02 Å². The molecule has 1 aliphatic rings. The zero-order valence-electron chi connectivity index (χ0n) is 11.1. The Kier molecular flexibility index (Phi) is 4.32. The summed E-state index contributed by atoms with van der Waals surface area (Å²) in [5.74, 6) is -0.425. The van der Waals surface area contributed by atoms with Crippen molar-refractivity contribution in [1.29, 1.82) is 0 Å². The second-order valence-electron chi connectivity index (χ2n) is 4.99. The number of ether oxygens (including phenoxy) is 2. The van der Waals surface area contributed by atoms with E-state index in [1.54, 1.807) is 12.1 Å². The Morgan fingerprint density at radius 2 is 2.00 bits per heavy atom. The molecule has 1 aromatic rings. The molecule has 0 bridgehead atoms. The van der Waals surface area contributed by atoms with E-state index in [9.17, 15) is 4.79 Å². The van der Waals surface area contributed by atoms with Crippen molar-refractivity contribution in [2.75, 3.05) is 5.73 Å². The van der Waals surface area contributed by atoms with E-state index in [4.69, 9.17) is 26.8 Å². The second kappa shape index (κ2) is 5.80. The molecule has 1 aromatic carbocycles. The standard InChI is InChI=1S/C14H18ClNO3/c1-8-5-11(6-9(2)18-8)19-14(17)12-7-10(15)3-4-13(12)16/h3-4,7-9,11H,5-6,16H2,1-2H3. The topological polar surface area (TPSA) is 61.5 Å². The largest absolute Gasteiger partial charge is 0.459 e. The fourth-order valence-corrected chi connectivity index (χ4v) is 2.53. The summed E-state index contributed by atoms with van der Waals surface area (Å²) in [4.78, 5) is 12.1. The molecule has 1 aliphatic heterocycles. The molecule has 1 fully saturated rings. The third-order valence-corrected chi connectivity index (χ3v) is 3.40. The van der Waals surface area contributed by atoms with Crippen LogP contribution in [0.25, 0.3) is 0 Å². The van der Waals surface area contributed by atoms with Gasteiger partial charge in [0.15, 0.2) is 0 Å². The molecular formula is C14H18ClNO3. The summed E-state index contributed by atoms with van der Waals surface area (Å²) in [6, 6.07) is 4.78. The number of hydrogen-bond acceptors (Lipinski definition) is 4. The normalized spacial score (nSPS) is 27.0. The van der Waals surface area contributed by atoms with Gasteiger partial charge in [-0.2, -0.15) is 0 Å². The zero-order valence-corrected chi connectivity index (χ0v) is 11.8. The maximum absolute atomic E-state index is 12.1. The Morgan fingerprint density at radius 1 is 1.37 bits per heavy atom. The van der Waals surface area contributed by atoms with E-state index in [2.05, 4.69) is 0 Å². The smallest absolute Gasteiger partial charge is 0.340 e. The van der Waals surface area contributed by atoms with Crippen LogP contribution in [0.1, 0.15) is 37.0 Å². The third kappa shape index (κ3) is 3.61. The molecule has 0 radical (unpaired) electrons. The van der Waals surface area contributed by atoms with Gasteiger partial charge in [0.1, 0.15) is 6.10 Å². The number of esters is 1. The van der Waals surface area contributed by atoms with Gasteiger partial charge in [-0.1, -0.05) is 11.6 Å². The SMILES string of the molecule is CC1CC(OC(=O)c2cc(Cl)ccc2N)CC(C)O1. The van der Waals surface area contributed by atoms with Crippen LogP contribution < -0.4 is 5.73 Å². The van der Waals surface area contributed by atoms with Gasteiger partial charge in [-0.3, -0.25) is 0 Å². The highest BCUT2D eigenvalue weighted by Gasteiger charge is 2.28. The van der Waals surface area contributed by atoms with E-state index < -0.39 is 5.97 Å². The Labute approximate surface area is 117 Å². The van der Waals surface area contributed by atoms with Crippen molar-refractivity contribution in [1.82, 2.24) is 0 Å². The van der Waals surface area contributed by atoms with Crippen molar-refractivity contribution in [3.8, 4) is 0 Å². The molecule has 104 valence electrons. The summed E-state index contributed by atoms with van der Waals surface area (Å²) < 4.78 is 11.1. The highest BCUT2D eigenvalue weighted by Crippen LogP contribution is 2.24. The first kappa shape index (κ1) is 14.2. The molecule has 5 heteroatoms. The Morgan fingerprint density at radius 3 is 2.63 bits per heavy atom. The van der Waals surface area contributed by atoms with Crippen LogP contribution in [0.4, 0.5) is 5.69 Å². The van der Waals surface area contributed by atoms with Crippen molar-refractivity contribution in [2.45, 2.75) is 45.0 Å². The first-order chi connectivity index (χ1) is 8.95. The number of carbonyl (C=O) groups excluding carboxylic acids is 1. The van der Waals surface area contributed by atoms with Crippen molar-refractivity contribution in [3.63, 3.8) is 0 Å². The fourth-order valence-electron chi connectivity index (χ4n) is 2.36. The van der Waals surface area contributed by atoms with Crippen LogP contribution in [0.3, 0.4) is 0 Å². The molecule has 1 saturated heterocycles. The van der Waals surface area contributed by atoms with Gasteiger partial charge in [0.2, 0.25) is 0 Å². The van der Waals surface area contributed by atoms with Crippen LogP contribution in [-0.4, -0.2) is 24.3 Å². The number of hydrogen-bond donors (Lipinski definition) is 1. The van der Waals surface area contributed by atoms with Gasteiger partial charge in [-0.05, 0) is 32.0 Å². The van der Waals surface area contributed by atoms with E-state index >= 15 is 0 Å². The first-order valence-corrected chi connectivity index (χ1v) is 6.75. The van der Waals surface area contributed by atoms with Crippen molar-refractivity contribution < 1.29 is 14.3 Å². The number of halogens is 1. The monoisotopic (exact) mass is 283 g/mol. The second-order valence-corrected chi connectivity index (χ2v) is 5.42. The lowest BCUT2D eigenvalue weighted by atomic mass is 10.0. The quantitative estimate of drug-likeness (QED) is 0.669. The molecule has 0 aromatic heterocycles. The van der Waals surface area contributed by atoms with E-state index in [1.165, 1.54) is 6.07 Å². The van der Waals surface area contributed by atoms with Crippen LogP contribution in [0.5, 0.6) is 0 Å². The fraction of sp³-hybridized carbons (Fsp3) is 0.500. The number of benzene rings is 1. The number of rotatable bonds is 2. The van der Waals surface area contributed by atoms with E-state index in [0.29, 0.717) is 29.1 Å². The molecular weight excluding hydrogens is 266 g/mol. The van der Waals surface area contributed by atoms with Gasteiger partial charge in [-0.25, -0.2) is 4.79 Å². The van der Waals surface area contributed by atoms with Gasteiger partial charge in [0.05, 0.1) is 17.8 Å². The Balaban J connectivity index is 2.06. The zero-order chi connectivity index (χ0) is 14.0. The van der Waals surface area contributed by atoms with E-state index in [-0.39, 0.29) is 18.3 Å². The summed E-state index contributed by atoms with van der Waals surface area (Å²) in [5, 5.41) is 0.467. The minimum Gasteiger partial charge on any atom is -0.459 e. The number of nitrogens with two attached hydrogens (primary N) is 1. The van der Waals surface area contributed by atoms with Gasteiger partial charge >= 0.3 is 5.97 Å². The lowest BCUT2D eigenvalue weighted by Crippen LogP contribution is -2.35. The minimum absolute atomic E-state index is 0.0956. The summed E-state index contributed by atoms with van der Waals surface area (Å²) >= 11 is 5.87. The molecule has 0 aliphatic carbocycles. The van der Waals surface area contributed by atoms with Crippen LogP contribution >= 0.6 is 11.6 Å². The minimum atomic E-state index is -0.425. The van der Waals surface area contributed by atoms with E-state index in [0.717, 1.165) is 0 Å². The van der Waals surface area contributed by atoms with Crippen LogP contribution in [-0.2, 0) is 9.47 Å². The molecule has 2 N–H and O–H groups in total. The highest BCUT2D eigenvalue weighted by atomic mass is 35.5. The lowest BCUT2D eigenvalue weighted by molar-refractivity contribution is -0.0855. The number of carbonyl (C=O) groups is 1. The maximum atomic E-state index is 12.1. The predicted molar refractivity (Wildman–Crippen MR) is 74.3 cm³/mol. The summed E-state index contributed by atoms with van der Waals surface area (Å²) in [6.45, 7) is 3.95. The molecule has 4 nitrogen and oxygen atoms in total. The molecule has 0 amide bonds. The van der Waals surface area contributed by atoms with Gasteiger partial charge in [0, 0.05) is 23.6 Å². The lowest BCUT2D eigenvalue weighted by Gasteiger charge is -2.31. The van der Waals surface area contributed by atoms with E-state index in [1.807, 2.05) is 13.8 Å². The van der Waals surface area contributed by atoms with Gasteiger partial charge < -0.3 is 15.2 Å². The van der Waals surface area contributed by atoms with Crippen LogP contribution in [0, 0.1) is 0 Å². The Hall–Kier alpha value is -1.26. The highest BCUT2D eigenvalue weighted by molar-refractivity contribution is 6.31. The third-order valence-electron chi connectivity index (χ3n) is 3.16. The molecule has 2 unspecified atom stereocenters. The van der Waals surface area contributed by atoms with Gasteiger partial charge in [0.25, 0.3) is 0 Å². The number of anilines is 1. The summed E-state index contributed by atoms with van der Waals surface area (Å²) in [6.07, 6.45) is 1.47. The summed E-state index contributed by atoms with van der Waals surface area (Å²) in [7, 11) is 0. The Bertz CT molecular complexity index is 468. The predicted octanol–water partition coefficient (Wildman–Crippen LogP) is 3.04. The maximum Gasteiger partial charge on any atom is 0.340 e. The van der Waals surface area contributed by atoms with Crippen molar-refractivity contribution in [2.24, 2.45) is 0 Å². The van der Waals surface area contributed by atoms with Gasteiger partial charge in [-0.15, -0.1) is 0 Å². The average Bonchev–Trinajstić information content (AvgIpc) is 2.30. The molecule has 2 rings (SSSR count). The average molecular weight is 284 g/mol. The van der Waals surface area contributed by atoms with Crippen molar-refractivity contribution >= 4 is 23.3 Å². The molecule has 19 heavy (non-hydrogen) atoms. The first-order valence-electron chi connectivity index (χ1n) is 6.37. The number of nitrogen functional groups attached to an aromatic ring is 1. The molecule has 2 atom stereocenters. The van der Waals surface area contributed by atoms with Crippen LogP contribution in [0.15, 0.2) is 18.2 Å². The molecule has 0 spiro atoms. The van der Waals surface area contributed by atoms with Crippen molar-refractivity contribution in [3.05, 3.63) is 28.8 Å². The summed E-state index contributed by atoms with van der Waals surface area (Å²) in [5.41, 5.74) is 6.46. The molecule has 1 heterocycles. The molecule has 0 saturated carbocycles.